The molecule has 3 N–H and O–H groups in total. The van der Waals surface area contributed by atoms with E-state index >= 15 is 0 Å². The standard InChI is InChI=1S/C17H17ClN5O6PS.Na/c1-26-13-12-10(6-27-30(24,25)29-12)28-16(13)23-15-11(14(19)20-7-21-15)22-17(23)31-9-4-2-8(18)3-5-9;/h2-5,7,10,12-13,16H,6H2,1H3,(H,24,25)(H2,19,20,21);/t10-,12-,13-,16-;/m1./s1. The molecule has 15 heteroatoms. The number of imidazole rings is 1. The number of anilines is 1. The molecule has 3 aromatic rings. The minimum absolute atomic E-state index is 0. The van der Waals surface area contributed by atoms with E-state index in [1.54, 1.807) is 16.7 Å². The Morgan fingerprint density at radius 1 is 1.34 bits per heavy atom. The second-order valence-corrected chi connectivity index (χ2v) is 9.73. The SMILES string of the molecule is CO[C@@H]1[C@@H]2OP(=O)(O)OC[C@H]2O[C@H]1n1c(Sc2ccc(Cl)cc2)nc2c(N)ncnc21.[Na]. The minimum Gasteiger partial charge on any atom is -0.382 e. The number of ether oxygens (including phenoxy) is 2. The van der Waals surface area contributed by atoms with Crippen molar-refractivity contribution in [3.63, 3.8) is 0 Å². The van der Waals surface area contributed by atoms with Crippen LogP contribution in [0, 0.1) is 0 Å². The summed E-state index contributed by atoms with van der Waals surface area (Å²) in [6.45, 7) is -0.113. The number of nitrogens with zero attached hydrogens (tertiary/aromatic N) is 4. The molecule has 2 saturated heterocycles. The van der Waals surface area contributed by atoms with Crippen LogP contribution in [0.3, 0.4) is 0 Å². The monoisotopic (exact) mass is 508 g/mol. The maximum Gasteiger partial charge on any atom is 0.472 e. The van der Waals surface area contributed by atoms with E-state index in [2.05, 4.69) is 15.0 Å². The van der Waals surface area contributed by atoms with E-state index in [-0.39, 0.29) is 42.0 Å². The van der Waals surface area contributed by atoms with Crippen LogP contribution in [-0.4, -0.2) is 86.0 Å². The van der Waals surface area contributed by atoms with Gasteiger partial charge in [-0.15, -0.1) is 0 Å². The number of hydrogen-bond acceptors (Lipinski definition) is 10. The Morgan fingerprint density at radius 3 is 2.81 bits per heavy atom. The van der Waals surface area contributed by atoms with Crippen LogP contribution in [0.1, 0.15) is 6.23 Å². The van der Waals surface area contributed by atoms with Crippen molar-refractivity contribution in [1.29, 1.82) is 0 Å². The Hall–Kier alpha value is -0.760. The third-order valence-electron chi connectivity index (χ3n) is 4.96. The van der Waals surface area contributed by atoms with Gasteiger partial charge in [-0.3, -0.25) is 13.6 Å². The molecule has 4 heterocycles. The number of phosphoric acid groups is 1. The summed E-state index contributed by atoms with van der Waals surface area (Å²) < 4.78 is 35.6. The van der Waals surface area contributed by atoms with E-state index in [9.17, 15) is 9.46 Å². The third kappa shape index (κ3) is 4.47. The van der Waals surface area contributed by atoms with E-state index < -0.39 is 32.4 Å². The van der Waals surface area contributed by atoms with E-state index in [0.29, 0.717) is 21.3 Å². The normalized spacial score (nSPS) is 29.6. The molecule has 2 aliphatic heterocycles. The zero-order valence-electron chi connectivity index (χ0n) is 17.0. The summed E-state index contributed by atoms with van der Waals surface area (Å²) in [7, 11) is -2.71. The molecule has 165 valence electrons. The second-order valence-electron chi connectivity index (χ2n) is 6.85. The number of nitrogen functional groups attached to an aromatic ring is 1. The van der Waals surface area contributed by atoms with E-state index in [0.717, 1.165) is 4.90 Å². The number of rotatable bonds is 4. The van der Waals surface area contributed by atoms with E-state index in [1.807, 2.05) is 12.1 Å². The molecule has 32 heavy (non-hydrogen) atoms. The van der Waals surface area contributed by atoms with Gasteiger partial charge in [-0.05, 0) is 24.3 Å². The van der Waals surface area contributed by atoms with Gasteiger partial charge in [0, 0.05) is 46.6 Å². The first-order valence-corrected chi connectivity index (χ1v) is 11.8. The number of halogens is 1. The van der Waals surface area contributed by atoms with Crippen molar-refractivity contribution in [2.24, 2.45) is 0 Å². The first-order valence-electron chi connectivity index (χ1n) is 9.12. The fourth-order valence-electron chi connectivity index (χ4n) is 3.60. The molecular formula is C17H17ClN5NaO6PS. The van der Waals surface area contributed by atoms with Gasteiger partial charge < -0.3 is 20.1 Å². The third-order valence-corrected chi connectivity index (χ3v) is 7.18. The van der Waals surface area contributed by atoms with Crippen LogP contribution in [0.25, 0.3) is 11.2 Å². The predicted molar refractivity (Wildman–Crippen MR) is 116 cm³/mol. The van der Waals surface area contributed by atoms with E-state index in [4.69, 9.17) is 35.9 Å². The first-order chi connectivity index (χ1) is 14.9. The molecule has 0 bridgehead atoms. The number of nitrogens with two attached hydrogens (primary N) is 1. The van der Waals surface area contributed by atoms with Crippen molar-refractivity contribution >= 4 is 77.7 Å². The zero-order valence-corrected chi connectivity index (χ0v) is 21.5. The van der Waals surface area contributed by atoms with Crippen molar-refractivity contribution in [1.82, 2.24) is 19.5 Å². The average molecular weight is 509 g/mol. The van der Waals surface area contributed by atoms with Crippen LogP contribution < -0.4 is 5.73 Å². The van der Waals surface area contributed by atoms with Gasteiger partial charge in [0.25, 0.3) is 0 Å². The molecule has 2 fully saturated rings. The molecule has 0 aliphatic carbocycles. The minimum atomic E-state index is -4.19. The van der Waals surface area contributed by atoms with Crippen molar-refractivity contribution < 1.29 is 28.0 Å². The molecule has 5 rings (SSSR count). The number of aromatic nitrogens is 4. The Kier molecular flexibility index (Phi) is 7.21. The maximum absolute atomic E-state index is 12.0. The summed E-state index contributed by atoms with van der Waals surface area (Å²) >= 11 is 7.34. The van der Waals surface area contributed by atoms with Crippen LogP contribution >= 0.6 is 31.2 Å². The van der Waals surface area contributed by atoms with Crippen LogP contribution in [0.2, 0.25) is 5.02 Å². The van der Waals surface area contributed by atoms with Crippen molar-refractivity contribution in [2.75, 3.05) is 19.5 Å². The molecule has 0 amide bonds. The van der Waals surface area contributed by atoms with Gasteiger partial charge in [-0.2, -0.15) is 0 Å². The number of hydrogen-bond donors (Lipinski definition) is 2. The van der Waals surface area contributed by atoms with Gasteiger partial charge in [0.1, 0.15) is 24.6 Å². The maximum atomic E-state index is 12.0. The average Bonchev–Trinajstić information content (AvgIpc) is 3.26. The molecule has 5 atom stereocenters. The summed E-state index contributed by atoms with van der Waals surface area (Å²) in [6.07, 6.45) is -1.60. The zero-order chi connectivity index (χ0) is 21.8. The van der Waals surface area contributed by atoms with Gasteiger partial charge in [-0.1, -0.05) is 23.4 Å². The van der Waals surface area contributed by atoms with E-state index in [1.165, 1.54) is 25.2 Å². The second kappa shape index (κ2) is 9.47. The van der Waals surface area contributed by atoms with Crippen molar-refractivity contribution in [2.45, 2.75) is 34.6 Å². The van der Waals surface area contributed by atoms with Crippen LogP contribution in [0.5, 0.6) is 0 Å². The molecule has 11 nitrogen and oxygen atoms in total. The molecule has 0 spiro atoms. The predicted octanol–water partition coefficient (Wildman–Crippen LogP) is 2.26. The van der Waals surface area contributed by atoms with Crippen LogP contribution in [0.15, 0.2) is 40.6 Å². The number of fused-ring (bicyclic) bond motifs is 2. The van der Waals surface area contributed by atoms with Crippen LogP contribution in [0.4, 0.5) is 5.82 Å². The Morgan fingerprint density at radius 2 is 2.09 bits per heavy atom. The number of benzene rings is 1. The molecule has 1 aromatic carbocycles. The van der Waals surface area contributed by atoms with Gasteiger partial charge in [0.15, 0.2) is 28.4 Å². The topological polar surface area (TPSA) is 144 Å². The molecule has 2 aromatic heterocycles. The summed E-state index contributed by atoms with van der Waals surface area (Å²) in [5.41, 5.74) is 6.86. The largest absolute Gasteiger partial charge is 0.472 e. The fourth-order valence-corrected chi connectivity index (χ4v) is 5.59. The summed E-state index contributed by atoms with van der Waals surface area (Å²) in [5, 5.41) is 1.13. The first kappa shape index (κ1) is 24.4. The quantitative estimate of drug-likeness (QED) is 0.395. The van der Waals surface area contributed by atoms with Gasteiger partial charge in [-0.25, -0.2) is 19.5 Å². The smallest absolute Gasteiger partial charge is 0.382 e. The Bertz CT molecular complexity index is 1190. The number of methoxy groups -OCH3 is 1. The molecular weight excluding hydrogens is 492 g/mol. The summed E-state index contributed by atoms with van der Waals surface area (Å²) in [6, 6.07) is 7.25. The van der Waals surface area contributed by atoms with Crippen LogP contribution in [-0.2, 0) is 23.1 Å². The molecule has 2 aliphatic rings. The van der Waals surface area contributed by atoms with Crippen molar-refractivity contribution in [3.8, 4) is 0 Å². The molecule has 0 saturated carbocycles. The molecule has 1 radical (unpaired) electrons. The molecule has 1 unspecified atom stereocenters. The summed E-state index contributed by atoms with van der Waals surface area (Å²) in [5.74, 6) is 0.213. The van der Waals surface area contributed by atoms with Gasteiger partial charge in [0.05, 0.1) is 6.61 Å². The van der Waals surface area contributed by atoms with Gasteiger partial charge >= 0.3 is 7.82 Å². The fraction of sp³-hybridized carbons (Fsp3) is 0.353. The summed E-state index contributed by atoms with van der Waals surface area (Å²) in [4.78, 5) is 23.6. The Labute approximate surface area is 213 Å². The number of phosphoric ester groups is 1. The van der Waals surface area contributed by atoms with Gasteiger partial charge in [0.2, 0.25) is 0 Å². The van der Waals surface area contributed by atoms with Crippen molar-refractivity contribution in [3.05, 3.63) is 35.6 Å². The Balaban J connectivity index is 0.00000245.